The number of nitriles is 2. The van der Waals surface area contributed by atoms with Crippen molar-refractivity contribution >= 4 is 0 Å². The van der Waals surface area contributed by atoms with Crippen molar-refractivity contribution in [1.82, 2.24) is 0 Å². The summed E-state index contributed by atoms with van der Waals surface area (Å²) in [6.45, 7) is 4.47. The number of hydrogen-bond donors (Lipinski definition) is 0. The van der Waals surface area contributed by atoms with Gasteiger partial charge in [0.05, 0.1) is 0 Å². The molecular formula is C23H26N2O2. The van der Waals surface area contributed by atoms with Gasteiger partial charge in [-0.05, 0) is 41.8 Å². The Hall–Kier alpha value is -2.98. The van der Waals surface area contributed by atoms with Crippen LogP contribution in [0.5, 0.6) is 11.5 Å². The van der Waals surface area contributed by atoms with E-state index in [9.17, 15) is 0 Å². The fraction of sp³-hybridized carbons (Fsp3) is 0.391. The average molecular weight is 362 g/mol. The molecule has 0 unspecified atom stereocenters. The molecule has 0 bridgehead atoms. The minimum Gasteiger partial charge on any atom is -0.388 e. The van der Waals surface area contributed by atoms with E-state index in [0.29, 0.717) is 11.5 Å². The smallest absolute Gasteiger partial charge is 0.292 e. The van der Waals surface area contributed by atoms with Gasteiger partial charge in [-0.1, -0.05) is 70.2 Å². The van der Waals surface area contributed by atoms with E-state index in [1.807, 2.05) is 48.5 Å². The second kappa shape index (κ2) is 10.2. The molecule has 0 amide bonds. The normalized spacial score (nSPS) is 10.7. The van der Waals surface area contributed by atoms with E-state index >= 15 is 0 Å². The summed E-state index contributed by atoms with van der Waals surface area (Å²) >= 11 is 0. The minimum absolute atomic E-state index is 0.164. The molecule has 0 aliphatic rings. The zero-order valence-corrected chi connectivity index (χ0v) is 16.1. The molecule has 0 radical (unpaired) electrons. The molecule has 0 N–H and O–H groups in total. The second-order valence-corrected chi connectivity index (χ2v) is 6.93. The van der Waals surface area contributed by atoms with Gasteiger partial charge in [0.25, 0.3) is 12.5 Å². The lowest BCUT2D eigenvalue weighted by atomic mass is 9.72. The van der Waals surface area contributed by atoms with E-state index in [0.717, 1.165) is 12.8 Å². The van der Waals surface area contributed by atoms with Crippen molar-refractivity contribution < 1.29 is 9.47 Å². The van der Waals surface area contributed by atoms with E-state index in [-0.39, 0.29) is 5.41 Å². The predicted octanol–water partition coefficient (Wildman–Crippen LogP) is 6.07. The summed E-state index contributed by atoms with van der Waals surface area (Å²) in [7, 11) is 0. The van der Waals surface area contributed by atoms with E-state index in [2.05, 4.69) is 13.8 Å². The van der Waals surface area contributed by atoms with Crippen LogP contribution in [0.3, 0.4) is 0 Å². The van der Waals surface area contributed by atoms with Gasteiger partial charge < -0.3 is 9.47 Å². The lowest BCUT2D eigenvalue weighted by Gasteiger charge is -2.31. The second-order valence-electron chi connectivity index (χ2n) is 6.93. The average Bonchev–Trinajstić information content (AvgIpc) is 2.69. The van der Waals surface area contributed by atoms with Gasteiger partial charge in [0.1, 0.15) is 11.5 Å². The summed E-state index contributed by atoms with van der Waals surface area (Å²) in [5.41, 5.74) is 2.19. The highest BCUT2D eigenvalue weighted by Gasteiger charge is 2.28. The summed E-state index contributed by atoms with van der Waals surface area (Å²) in [5, 5.41) is 17.4. The Morgan fingerprint density at radius 2 is 1.19 bits per heavy atom. The third kappa shape index (κ3) is 5.50. The first-order valence-electron chi connectivity index (χ1n) is 9.47. The van der Waals surface area contributed by atoms with E-state index < -0.39 is 0 Å². The molecule has 2 aromatic rings. The maximum Gasteiger partial charge on any atom is 0.292 e. The molecule has 2 rings (SSSR count). The Balaban J connectivity index is 2.26. The van der Waals surface area contributed by atoms with Crippen LogP contribution in [-0.4, -0.2) is 0 Å². The SMILES string of the molecule is CCCCCCCC(C)(c1ccc(OC#N)cc1)c1ccc(OC#N)cc1. The van der Waals surface area contributed by atoms with Crippen LogP contribution in [0.1, 0.15) is 63.5 Å². The van der Waals surface area contributed by atoms with Crippen LogP contribution in [-0.2, 0) is 5.41 Å². The molecule has 2 aromatic carbocycles. The molecule has 4 nitrogen and oxygen atoms in total. The van der Waals surface area contributed by atoms with Gasteiger partial charge in [0, 0.05) is 5.41 Å². The van der Waals surface area contributed by atoms with Crippen molar-refractivity contribution in [2.45, 2.75) is 57.8 Å². The monoisotopic (exact) mass is 362 g/mol. The molecule has 27 heavy (non-hydrogen) atoms. The molecule has 0 saturated heterocycles. The first kappa shape index (κ1) is 20.3. The zero-order valence-electron chi connectivity index (χ0n) is 16.1. The van der Waals surface area contributed by atoms with Crippen molar-refractivity contribution in [3.8, 4) is 24.0 Å². The van der Waals surface area contributed by atoms with E-state index in [1.54, 1.807) is 12.5 Å². The topological polar surface area (TPSA) is 66.0 Å². The van der Waals surface area contributed by atoms with Crippen LogP contribution in [0, 0.1) is 23.0 Å². The van der Waals surface area contributed by atoms with Gasteiger partial charge in [-0.15, -0.1) is 10.5 Å². The molecule has 0 fully saturated rings. The fourth-order valence-corrected chi connectivity index (χ4v) is 3.42. The molecule has 0 saturated carbocycles. The molecule has 140 valence electrons. The van der Waals surface area contributed by atoms with E-state index in [1.165, 1.54) is 36.8 Å². The number of nitrogens with zero attached hydrogens (tertiary/aromatic N) is 2. The third-order valence-corrected chi connectivity index (χ3v) is 5.09. The molecule has 4 heteroatoms. The molecule has 0 atom stereocenters. The fourth-order valence-electron chi connectivity index (χ4n) is 3.42. The summed E-state index contributed by atoms with van der Waals surface area (Å²) in [5.74, 6) is 1.09. The standard InChI is InChI=1S/C23H26N2O2/c1-3-4-5-6-7-16-23(2,19-8-12-21(13-9-19)26-17-24)20-10-14-22(15-11-20)27-18-25/h8-15H,3-7,16H2,1-2H3. The van der Waals surface area contributed by atoms with Crippen molar-refractivity contribution in [2.75, 3.05) is 0 Å². The van der Waals surface area contributed by atoms with Crippen LogP contribution in [0.25, 0.3) is 0 Å². The highest BCUT2D eigenvalue weighted by atomic mass is 16.5. The number of hydrogen-bond acceptors (Lipinski definition) is 4. The Bertz CT molecular complexity index is 724. The Morgan fingerprint density at radius 1 is 0.741 bits per heavy atom. The molecule has 0 aliphatic heterocycles. The van der Waals surface area contributed by atoms with Crippen LogP contribution in [0.2, 0.25) is 0 Å². The van der Waals surface area contributed by atoms with Gasteiger partial charge >= 0.3 is 0 Å². The van der Waals surface area contributed by atoms with Crippen molar-refractivity contribution in [1.29, 1.82) is 10.5 Å². The lowest BCUT2D eigenvalue weighted by molar-refractivity contribution is 0.470. The molecular weight excluding hydrogens is 336 g/mol. The maximum absolute atomic E-state index is 8.68. The quantitative estimate of drug-likeness (QED) is 0.380. The van der Waals surface area contributed by atoms with Gasteiger partial charge in [-0.3, -0.25) is 0 Å². The number of ether oxygens (including phenoxy) is 2. The maximum atomic E-state index is 8.68. The molecule has 0 heterocycles. The Kier molecular flexibility index (Phi) is 7.71. The Morgan fingerprint density at radius 3 is 1.59 bits per heavy atom. The van der Waals surface area contributed by atoms with Crippen LogP contribution in [0.15, 0.2) is 48.5 Å². The molecule has 0 spiro atoms. The van der Waals surface area contributed by atoms with Crippen LogP contribution >= 0.6 is 0 Å². The molecule has 0 aliphatic carbocycles. The first-order valence-corrected chi connectivity index (χ1v) is 9.47. The number of rotatable bonds is 10. The summed E-state index contributed by atoms with van der Waals surface area (Å²) in [6.07, 6.45) is 10.6. The summed E-state index contributed by atoms with van der Waals surface area (Å²) in [4.78, 5) is 0. The first-order chi connectivity index (χ1) is 13.1. The predicted molar refractivity (Wildman–Crippen MR) is 105 cm³/mol. The highest BCUT2D eigenvalue weighted by Crippen LogP contribution is 2.38. The lowest BCUT2D eigenvalue weighted by Crippen LogP contribution is -2.23. The summed E-state index contributed by atoms with van der Waals surface area (Å²) < 4.78 is 9.81. The van der Waals surface area contributed by atoms with Crippen molar-refractivity contribution in [2.24, 2.45) is 0 Å². The van der Waals surface area contributed by atoms with Gasteiger partial charge in [-0.25, -0.2) is 0 Å². The van der Waals surface area contributed by atoms with Crippen LogP contribution < -0.4 is 9.47 Å². The number of benzene rings is 2. The highest BCUT2D eigenvalue weighted by molar-refractivity contribution is 5.42. The van der Waals surface area contributed by atoms with Gasteiger partial charge in [-0.2, -0.15) is 0 Å². The zero-order chi connectivity index (χ0) is 19.5. The van der Waals surface area contributed by atoms with Crippen molar-refractivity contribution in [3.05, 3.63) is 59.7 Å². The largest absolute Gasteiger partial charge is 0.388 e. The summed E-state index contributed by atoms with van der Waals surface area (Å²) in [6, 6.07) is 15.4. The van der Waals surface area contributed by atoms with Crippen molar-refractivity contribution in [3.63, 3.8) is 0 Å². The molecule has 0 aromatic heterocycles. The van der Waals surface area contributed by atoms with Gasteiger partial charge in [0.2, 0.25) is 0 Å². The number of unbranched alkanes of at least 4 members (excludes halogenated alkanes) is 4. The van der Waals surface area contributed by atoms with Gasteiger partial charge in [0.15, 0.2) is 0 Å². The Labute approximate surface area is 162 Å². The van der Waals surface area contributed by atoms with Crippen LogP contribution in [0.4, 0.5) is 0 Å². The van der Waals surface area contributed by atoms with E-state index in [4.69, 9.17) is 20.0 Å². The third-order valence-electron chi connectivity index (χ3n) is 5.09. The minimum atomic E-state index is -0.164.